The summed E-state index contributed by atoms with van der Waals surface area (Å²) in [6.07, 6.45) is -0.179. The topological polar surface area (TPSA) is 77.0 Å². The molecular weight excluding hydrogens is 358 g/mol. The highest BCUT2D eigenvalue weighted by molar-refractivity contribution is 5.68. The predicted molar refractivity (Wildman–Crippen MR) is 108 cm³/mol. The van der Waals surface area contributed by atoms with Gasteiger partial charge in [-0.05, 0) is 50.5 Å². The van der Waals surface area contributed by atoms with Gasteiger partial charge in [0.25, 0.3) is 0 Å². The van der Waals surface area contributed by atoms with Crippen LogP contribution < -0.4 is 14.8 Å². The maximum atomic E-state index is 12.1. The molecule has 0 spiro atoms. The predicted octanol–water partition coefficient (Wildman–Crippen LogP) is 4.22. The minimum atomic E-state index is -0.597. The lowest BCUT2D eigenvalue weighted by Gasteiger charge is -2.24. The zero-order chi connectivity index (χ0) is 20.6. The molecule has 0 radical (unpaired) electrons. The second kappa shape index (κ2) is 9.99. The SMILES string of the molecule is COc1cc(C(CCO)NC(=O)OC(C)(C)C)ccc1OCc1ccccc1. The van der Waals surface area contributed by atoms with Gasteiger partial charge in [0.15, 0.2) is 11.5 Å². The van der Waals surface area contributed by atoms with Crippen molar-refractivity contribution < 1.29 is 24.1 Å². The number of nitrogens with one attached hydrogen (secondary N) is 1. The summed E-state index contributed by atoms with van der Waals surface area (Å²) in [4.78, 5) is 12.1. The summed E-state index contributed by atoms with van der Waals surface area (Å²) in [5, 5.41) is 12.2. The Labute approximate surface area is 166 Å². The molecule has 1 unspecified atom stereocenters. The van der Waals surface area contributed by atoms with E-state index < -0.39 is 17.7 Å². The Hall–Kier alpha value is -2.73. The Morgan fingerprint density at radius 2 is 1.82 bits per heavy atom. The standard InChI is InChI=1S/C22H29NO5/c1-22(2,3)28-21(25)23-18(12-13-24)17-10-11-19(20(14-17)26-4)27-15-16-8-6-5-7-9-16/h5-11,14,18,24H,12-13,15H2,1-4H3,(H,23,25). The van der Waals surface area contributed by atoms with Gasteiger partial charge < -0.3 is 24.6 Å². The first-order valence-electron chi connectivity index (χ1n) is 9.27. The fraction of sp³-hybridized carbons (Fsp3) is 0.409. The molecule has 0 fully saturated rings. The van der Waals surface area contributed by atoms with Gasteiger partial charge in [0, 0.05) is 6.61 Å². The maximum absolute atomic E-state index is 12.1. The zero-order valence-electron chi connectivity index (χ0n) is 16.9. The summed E-state index contributed by atoms with van der Waals surface area (Å²) in [6, 6.07) is 14.9. The minimum absolute atomic E-state index is 0.0744. The Bertz CT molecular complexity index is 755. The number of aliphatic hydroxyl groups excluding tert-OH is 1. The number of alkyl carbamates (subject to hydrolysis) is 1. The van der Waals surface area contributed by atoms with E-state index in [1.54, 1.807) is 40.0 Å². The molecule has 0 bridgehead atoms. The van der Waals surface area contributed by atoms with E-state index in [0.717, 1.165) is 11.1 Å². The van der Waals surface area contributed by atoms with Crippen molar-refractivity contribution in [1.29, 1.82) is 0 Å². The van der Waals surface area contributed by atoms with Gasteiger partial charge in [-0.1, -0.05) is 36.4 Å². The largest absolute Gasteiger partial charge is 0.493 e. The first-order chi connectivity index (χ1) is 13.3. The van der Waals surface area contributed by atoms with Crippen LogP contribution in [0.5, 0.6) is 11.5 Å². The highest BCUT2D eigenvalue weighted by atomic mass is 16.6. The fourth-order valence-electron chi connectivity index (χ4n) is 2.66. The molecule has 2 aromatic carbocycles. The van der Waals surface area contributed by atoms with Gasteiger partial charge in [-0.3, -0.25) is 0 Å². The third-order valence-corrected chi connectivity index (χ3v) is 3.94. The third kappa shape index (κ3) is 6.78. The maximum Gasteiger partial charge on any atom is 0.408 e. The van der Waals surface area contributed by atoms with Crippen LogP contribution in [0.2, 0.25) is 0 Å². The molecule has 2 N–H and O–H groups in total. The average molecular weight is 387 g/mol. The molecule has 6 heteroatoms. The van der Waals surface area contributed by atoms with E-state index >= 15 is 0 Å². The molecule has 152 valence electrons. The Morgan fingerprint density at radius 1 is 1.11 bits per heavy atom. The molecule has 2 aromatic rings. The molecule has 6 nitrogen and oxygen atoms in total. The van der Waals surface area contributed by atoms with Crippen molar-refractivity contribution in [1.82, 2.24) is 5.32 Å². The highest BCUT2D eigenvalue weighted by Crippen LogP contribution is 2.32. The molecule has 0 saturated carbocycles. The van der Waals surface area contributed by atoms with E-state index in [-0.39, 0.29) is 6.61 Å². The van der Waals surface area contributed by atoms with E-state index in [4.69, 9.17) is 14.2 Å². The zero-order valence-corrected chi connectivity index (χ0v) is 16.9. The lowest BCUT2D eigenvalue weighted by atomic mass is 10.0. The molecule has 0 heterocycles. The molecule has 1 atom stereocenters. The van der Waals surface area contributed by atoms with Crippen LogP contribution in [0.1, 0.15) is 44.4 Å². The molecular formula is C22H29NO5. The summed E-state index contributed by atoms with van der Waals surface area (Å²) in [6.45, 7) is 5.75. The summed E-state index contributed by atoms with van der Waals surface area (Å²) in [5.41, 5.74) is 1.25. The first kappa shape index (κ1) is 21.6. The molecule has 0 saturated heterocycles. The van der Waals surface area contributed by atoms with Crippen molar-refractivity contribution in [3.05, 3.63) is 59.7 Å². The van der Waals surface area contributed by atoms with Gasteiger partial charge in [-0.25, -0.2) is 4.79 Å². The number of benzene rings is 2. The molecule has 2 rings (SSSR count). The van der Waals surface area contributed by atoms with Crippen molar-refractivity contribution in [3.63, 3.8) is 0 Å². The van der Waals surface area contributed by atoms with E-state index in [1.807, 2.05) is 36.4 Å². The summed E-state index contributed by atoms with van der Waals surface area (Å²) >= 11 is 0. The third-order valence-electron chi connectivity index (χ3n) is 3.94. The summed E-state index contributed by atoms with van der Waals surface area (Å²) in [5.74, 6) is 1.16. The van der Waals surface area contributed by atoms with Gasteiger partial charge in [0.1, 0.15) is 12.2 Å². The molecule has 0 aliphatic rings. The van der Waals surface area contributed by atoms with E-state index in [1.165, 1.54) is 0 Å². The van der Waals surface area contributed by atoms with Crippen LogP contribution in [0.25, 0.3) is 0 Å². The molecule has 0 aliphatic carbocycles. The van der Waals surface area contributed by atoms with Gasteiger partial charge in [-0.2, -0.15) is 0 Å². The fourth-order valence-corrected chi connectivity index (χ4v) is 2.66. The van der Waals surface area contributed by atoms with E-state index in [9.17, 15) is 9.90 Å². The van der Waals surface area contributed by atoms with Gasteiger partial charge in [0.05, 0.1) is 13.2 Å². The number of ether oxygens (including phenoxy) is 3. The number of carbonyl (C=O) groups is 1. The van der Waals surface area contributed by atoms with Crippen molar-refractivity contribution >= 4 is 6.09 Å². The number of aliphatic hydroxyl groups is 1. The van der Waals surface area contributed by atoms with Gasteiger partial charge in [0.2, 0.25) is 0 Å². The van der Waals surface area contributed by atoms with Crippen LogP contribution in [0.3, 0.4) is 0 Å². The van der Waals surface area contributed by atoms with Crippen molar-refractivity contribution in [3.8, 4) is 11.5 Å². The number of rotatable bonds is 8. The molecule has 0 aromatic heterocycles. The van der Waals surface area contributed by atoms with Crippen molar-refractivity contribution in [2.24, 2.45) is 0 Å². The van der Waals surface area contributed by atoms with Crippen molar-refractivity contribution in [2.45, 2.75) is 45.4 Å². The normalized spacial score (nSPS) is 12.2. The smallest absolute Gasteiger partial charge is 0.408 e. The highest BCUT2D eigenvalue weighted by Gasteiger charge is 2.21. The lowest BCUT2D eigenvalue weighted by molar-refractivity contribution is 0.0496. The number of methoxy groups -OCH3 is 1. The summed E-state index contributed by atoms with van der Waals surface area (Å²) < 4.78 is 16.6. The quantitative estimate of drug-likeness (QED) is 0.709. The molecule has 28 heavy (non-hydrogen) atoms. The molecule has 0 aliphatic heterocycles. The van der Waals surface area contributed by atoms with Crippen LogP contribution in [-0.2, 0) is 11.3 Å². The van der Waals surface area contributed by atoms with Crippen LogP contribution in [0, 0.1) is 0 Å². The average Bonchev–Trinajstić information content (AvgIpc) is 2.65. The lowest BCUT2D eigenvalue weighted by Crippen LogP contribution is -2.35. The van der Waals surface area contributed by atoms with E-state index in [2.05, 4.69) is 5.32 Å². The Morgan fingerprint density at radius 3 is 2.43 bits per heavy atom. The van der Waals surface area contributed by atoms with Gasteiger partial charge >= 0.3 is 6.09 Å². The summed E-state index contributed by atoms with van der Waals surface area (Å²) in [7, 11) is 1.57. The van der Waals surface area contributed by atoms with E-state index in [0.29, 0.717) is 24.5 Å². The monoisotopic (exact) mass is 387 g/mol. The van der Waals surface area contributed by atoms with Crippen LogP contribution in [-0.4, -0.2) is 30.5 Å². The number of hydrogen-bond donors (Lipinski definition) is 2. The number of carbonyl (C=O) groups excluding carboxylic acids is 1. The Kier molecular flexibility index (Phi) is 7.70. The number of hydrogen-bond acceptors (Lipinski definition) is 5. The van der Waals surface area contributed by atoms with Crippen LogP contribution in [0.4, 0.5) is 4.79 Å². The second-order valence-electron chi connectivity index (χ2n) is 7.40. The second-order valence-corrected chi connectivity index (χ2v) is 7.40. The number of amides is 1. The van der Waals surface area contributed by atoms with Crippen LogP contribution in [0.15, 0.2) is 48.5 Å². The Balaban J connectivity index is 2.12. The molecule has 1 amide bonds. The van der Waals surface area contributed by atoms with Crippen molar-refractivity contribution in [2.75, 3.05) is 13.7 Å². The minimum Gasteiger partial charge on any atom is -0.493 e. The van der Waals surface area contributed by atoms with Gasteiger partial charge in [-0.15, -0.1) is 0 Å². The first-order valence-corrected chi connectivity index (χ1v) is 9.27. The van der Waals surface area contributed by atoms with Crippen LogP contribution >= 0.6 is 0 Å².